The van der Waals surface area contributed by atoms with Crippen LogP contribution < -0.4 is 9.47 Å². The summed E-state index contributed by atoms with van der Waals surface area (Å²) in [7, 11) is 1.37. The number of methoxy groups -OCH3 is 1. The molecule has 4 nitrogen and oxygen atoms in total. The van der Waals surface area contributed by atoms with Crippen molar-refractivity contribution in [3.63, 3.8) is 0 Å². The zero-order valence-corrected chi connectivity index (χ0v) is 16.9. The van der Waals surface area contributed by atoms with Gasteiger partial charge in [-0.3, -0.25) is 0 Å². The van der Waals surface area contributed by atoms with Crippen LogP contribution in [0.4, 0.5) is 4.79 Å². The van der Waals surface area contributed by atoms with E-state index in [0.29, 0.717) is 13.2 Å². The highest BCUT2D eigenvalue weighted by Crippen LogP contribution is 2.33. The van der Waals surface area contributed by atoms with Crippen molar-refractivity contribution >= 4 is 17.1 Å². The molecule has 0 unspecified atom stereocenters. The van der Waals surface area contributed by atoms with Crippen LogP contribution in [0.5, 0.6) is 11.5 Å². The van der Waals surface area contributed by atoms with Gasteiger partial charge in [-0.1, -0.05) is 19.1 Å². The highest BCUT2D eigenvalue weighted by Gasteiger charge is 2.15. The van der Waals surface area contributed by atoms with E-state index in [1.807, 2.05) is 32.0 Å². The molecule has 2 rings (SSSR count). The van der Waals surface area contributed by atoms with Crippen LogP contribution in [0.1, 0.15) is 36.1 Å². The topological polar surface area (TPSA) is 44.8 Å². The highest BCUT2D eigenvalue weighted by molar-refractivity contribution is 8.13. The maximum Gasteiger partial charge on any atom is 0.371 e. The molecular formula is C21H26O4S. The van der Waals surface area contributed by atoms with Crippen molar-refractivity contribution in [3.05, 3.63) is 52.6 Å². The molecule has 5 heteroatoms. The molecule has 0 aliphatic rings. The molecule has 0 aliphatic carbocycles. The van der Waals surface area contributed by atoms with E-state index in [-0.39, 0.29) is 5.30 Å². The molecule has 0 atom stereocenters. The van der Waals surface area contributed by atoms with Gasteiger partial charge >= 0.3 is 5.30 Å². The van der Waals surface area contributed by atoms with Crippen LogP contribution in [0.15, 0.2) is 35.2 Å². The molecule has 0 aliphatic heterocycles. The molecule has 0 spiro atoms. The smallest absolute Gasteiger partial charge is 0.371 e. The van der Waals surface area contributed by atoms with Crippen molar-refractivity contribution in [1.82, 2.24) is 0 Å². The minimum Gasteiger partial charge on any atom is -0.493 e. The molecule has 2 aromatic rings. The van der Waals surface area contributed by atoms with Crippen LogP contribution in [0.3, 0.4) is 0 Å². The standard InChI is InChI=1S/C21H26O4S/c1-6-16-11-15(4)19(12-14(16)3)25-13-17-18(24-7-2)9-8-10-20(17)26-21(22)23-5/h8-12H,6-7,13H2,1-5H3. The third-order valence-electron chi connectivity index (χ3n) is 4.14. The predicted molar refractivity (Wildman–Crippen MR) is 105 cm³/mol. The summed E-state index contributed by atoms with van der Waals surface area (Å²) in [6.07, 6.45) is 1.00. The number of rotatable bonds is 7. The van der Waals surface area contributed by atoms with Crippen LogP contribution in [0.25, 0.3) is 0 Å². The number of aryl methyl sites for hydroxylation is 3. The van der Waals surface area contributed by atoms with Crippen molar-refractivity contribution < 1.29 is 19.0 Å². The summed E-state index contributed by atoms with van der Waals surface area (Å²) in [4.78, 5) is 12.5. The van der Waals surface area contributed by atoms with E-state index in [1.165, 1.54) is 18.2 Å². The largest absolute Gasteiger partial charge is 0.493 e. The van der Waals surface area contributed by atoms with Crippen molar-refractivity contribution in [2.75, 3.05) is 13.7 Å². The minimum absolute atomic E-state index is 0.321. The second-order valence-electron chi connectivity index (χ2n) is 5.91. The van der Waals surface area contributed by atoms with Crippen LogP contribution in [-0.2, 0) is 17.8 Å². The minimum atomic E-state index is -0.362. The van der Waals surface area contributed by atoms with Crippen molar-refractivity contribution in [2.24, 2.45) is 0 Å². The maximum atomic E-state index is 11.7. The van der Waals surface area contributed by atoms with E-state index in [4.69, 9.17) is 14.2 Å². The Balaban J connectivity index is 2.30. The van der Waals surface area contributed by atoms with Gasteiger partial charge in [0, 0.05) is 10.5 Å². The lowest BCUT2D eigenvalue weighted by molar-refractivity contribution is 0.200. The summed E-state index contributed by atoms with van der Waals surface area (Å²) in [5.41, 5.74) is 4.49. The normalized spacial score (nSPS) is 10.5. The van der Waals surface area contributed by atoms with E-state index in [1.54, 1.807) is 0 Å². The third-order valence-corrected chi connectivity index (χ3v) is 5.07. The van der Waals surface area contributed by atoms with Crippen molar-refractivity contribution in [1.29, 1.82) is 0 Å². The molecule has 0 amide bonds. The number of hydrogen-bond donors (Lipinski definition) is 0. The number of ether oxygens (including phenoxy) is 3. The first-order valence-corrected chi connectivity index (χ1v) is 9.55. The van der Waals surface area contributed by atoms with Gasteiger partial charge in [-0.25, -0.2) is 4.79 Å². The van der Waals surface area contributed by atoms with Gasteiger partial charge < -0.3 is 14.2 Å². The number of thioether (sulfide) groups is 1. The summed E-state index contributed by atoms with van der Waals surface area (Å²) >= 11 is 1.04. The molecule has 2 aromatic carbocycles. The summed E-state index contributed by atoms with van der Waals surface area (Å²) in [5, 5.41) is -0.362. The molecule has 0 bridgehead atoms. The van der Waals surface area contributed by atoms with Gasteiger partial charge in [0.15, 0.2) is 0 Å². The van der Waals surface area contributed by atoms with E-state index >= 15 is 0 Å². The Morgan fingerprint density at radius 3 is 2.46 bits per heavy atom. The molecule has 140 valence electrons. The van der Waals surface area contributed by atoms with E-state index in [9.17, 15) is 4.79 Å². The first kappa shape index (κ1) is 20.2. The first-order chi connectivity index (χ1) is 12.5. The van der Waals surface area contributed by atoms with Crippen LogP contribution >= 0.6 is 11.8 Å². The van der Waals surface area contributed by atoms with Crippen LogP contribution in [-0.4, -0.2) is 19.0 Å². The van der Waals surface area contributed by atoms with E-state index < -0.39 is 0 Å². The molecule has 0 fully saturated rings. The van der Waals surface area contributed by atoms with Crippen LogP contribution in [0, 0.1) is 13.8 Å². The Bertz CT molecular complexity index is 771. The predicted octanol–water partition coefficient (Wildman–Crippen LogP) is 5.70. The lowest BCUT2D eigenvalue weighted by Gasteiger charge is -2.17. The fourth-order valence-corrected chi connectivity index (χ4v) is 3.43. The Morgan fingerprint density at radius 2 is 1.81 bits per heavy atom. The molecule has 0 heterocycles. The van der Waals surface area contributed by atoms with Crippen LogP contribution in [0.2, 0.25) is 0 Å². The summed E-state index contributed by atoms with van der Waals surface area (Å²) in [6, 6.07) is 9.88. The zero-order valence-electron chi connectivity index (χ0n) is 16.0. The van der Waals surface area contributed by atoms with Gasteiger partial charge in [0.2, 0.25) is 0 Å². The average molecular weight is 375 g/mol. The molecule has 0 radical (unpaired) electrons. The molecule has 0 saturated heterocycles. The fraction of sp³-hybridized carbons (Fsp3) is 0.381. The SMILES string of the molecule is CCOc1cccc(SC(=O)OC)c1COc1cc(C)c(CC)cc1C. The molecule has 26 heavy (non-hydrogen) atoms. The zero-order chi connectivity index (χ0) is 19.1. The van der Waals surface area contributed by atoms with Gasteiger partial charge in [-0.05, 0) is 73.8 Å². The molecular weight excluding hydrogens is 348 g/mol. The van der Waals surface area contributed by atoms with Crippen molar-refractivity contribution in [3.8, 4) is 11.5 Å². The maximum absolute atomic E-state index is 11.7. The number of benzene rings is 2. The lowest BCUT2D eigenvalue weighted by atomic mass is 10.0. The molecule has 0 aromatic heterocycles. The van der Waals surface area contributed by atoms with E-state index in [2.05, 4.69) is 26.0 Å². The van der Waals surface area contributed by atoms with E-state index in [0.717, 1.165) is 45.7 Å². The van der Waals surface area contributed by atoms with Gasteiger partial charge in [0.25, 0.3) is 0 Å². The number of carbonyl (C=O) groups excluding carboxylic acids is 1. The Kier molecular flexibility index (Phi) is 7.39. The number of hydrogen-bond acceptors (Lipinski definition) is 5. The van der Waals surface area contributed by atoms with Crippen molar-refractivity contribution in [2.45, 2.75) is 45.6 Å². The van der Waals surface area contributed by atoms with Gasteiger partial charge in [-0.2, -0.15) is 0 Å². The monoisotopic (exact) mass is 374 g/mol. The second kappa shape index (κ2) is 9.53. The van der Waals surface area contributed by atoms with Gasteiger partial charge in [0.05, 0.1) is 13.7 Å². The van der Waals surface area contributed by atoms with Gasteiger partial charge in [-0.15, -0.1) is 0 Å². The quantitative estimate of drug-likeness (QED) is 0.459. The Hall–Kier alpha value is -2.14. The van der Waals surface area contributed by atoms with Gasteiger partial charge in [0.1, 0.15) is 18.1 Å². The Labute approximate surface area is 159 Å². The molecule has 0 N–H and O–H groups in total. The summed E-state index contributed by atoms with van der Waals surface area (Å²) < 4.78 is 16.6. The fourth-order valence-electron chi connectivity index (χ4n) is 2.74. The number of carbonyl (C=O) groups is 1. The highest BCUT2D eigenvalue weighted by atomic mass is 32.2. The third kappa shape index (κ3) is 4.94. The average Bonchev–Trinajstić information content (AvgIpc) is 2.63. The summed E-state index contributed by atoms with van der Waals surface area (Å²) in [5.74, 6) is 1.57. The molecule has 0 saturated carbocycles. The second-order valence-corrected chi connectivity index (χ2v) is 6.89. The summed E-state index contributed by atoms with van der Waals surface area (Å²) in [6.45, 7) is 9.09. The Morgan fingerprint density at radius 1 is 1.04 bits per heavy atom. The first-order valence-electron chi connectivity index (χ1n) is 8.73. The lowest BCUT2D eigenvalue weighted by Crippen LogP contribution is -2.05.